The summed E-state index contributed by atoms with van der Waals surface area (Å²) in [5, 5.41) is 13.1. The normalized spacial score (nSPS) is 11.3. The van der Waals surface area contributed by atoms with Crippen molar-refractivity contribution >= 4 is 16.4 Å². The molecule has 0 aliphatic rings. The predicted molar refractivity (Wildman–Crippen MR) is 184 cm³/mol. The quantitative estimate of drug-likeness (QED) is 0.221. The molecule has 3 heterocycles. The van der Waals surface area contributed by atoms with Crippen molar-refractivity contribution < 1.29 is 5.11 Å². The highest BCUT2D eigenvalue weighted by atomic mass is 16.3. The zero-order valence-corrected chi connectivity index (χ0v) is 24.7. The van der Waals surface area contributed by atoms with Crippen molar-refractivity contribution in [2.45, 2.75) is 6.92 Å². The number of para-hydroxylation sites is 1. The number of fused-ring (bicyclic) bond motifs is 2. The number of aryl methyl sites for hydroxylation is 1. The van der Waals surface area contributed by atoms with Gasteiger partial charge < -0.3 is 5.11 Å². The van der Waals surface area contributed by atoms with E-state index in [0.717, 1.165) is 61.3 Å². The summed E-state index contributed by atoms with van der Waals surface area (Å²) in [6, 6.07) is 49.5. The number of hydrogen-bond acceptors (Lipinski definition) is 3. The van der Waals surface area contributed by atoms with Gasteiger partial charge in [-0.05, 0) is 77.4 Å². The van der Waals surface area contributed by atoms with E-state index in [1.807, 2.05) is 42.5 Å². The molecule has 0 amide bonds. The van der Waals surface area contributed by atoms with Gasteiger partial charge in [0.05, 0.1) is 22.8 Å². The fraction of sp³-hybridized carbons (Fsp3) is 0.0244. The molecule has 0 atom stereocenters. The van der Waals surface area contributed by atoms with E-state index in [4.69, 9.17) is 9.97 Å². The number of nitrogens with zero attached hydrogens (tertiary/aromatic N) is 3. The van der Waals surface area contributed by atoms with Crippen LogP contribution in [0.2, 0.25) is 0 Å². The van der Waals surface area contributed by atoms with E-state index in [9.17, 15) is 5.11 Å². The smallest absolute Gasteiger partial charge is 0.137 e. The van der Waals surface area contributed by atoms with Crippen LogP contribution in [0.3, 0.4) is 0 Å². The first-order valence-electron chi connectivity index (χ1n) is 15.1. The van der Waals surface area contributed by atoms with Gasteiger partial charge in [-0.3, -0.25) is 4.40 Å². The van der Waals surface area contributed by atoms with Crippen LogP contribution in [0.4, 0.5) is 0 Å². The van der Waals surface area contributed by atoms with Gasteiger partial charge in [0.25, 0.3) is 0 Å². The van der Waals surface area contributed by atoms with Gasteiger partial charge in [0, 0.05) is 28.5 Å². The number of pyridine rings is 2. The van der Waals surface area contributed by atoms with E-state index in [0.29, 0.717) is 11.3 Å². The standard InChI is InChI=1S/C41H29N3O/c1-27-12-11-16-29(22-27)31-25-36(34-18-7-8-19-38(34)45)42-37(26-31)35-24-32(23-30-15-5-6-17-33(30)35)40-41(28-13-3-2-4-14-28)44-21-10-9-20-39(44)43-40/h2-26,45H,1H3. The highest BCUT2D eigenvalue weighted by Gasteiger charge is 2.19. The third kappa shape index (κ3) is 4.83. The van der Waals surface area contributed by atoms with Gasteiger partial charge in [-0.1, -0.05) is 103 Å². The van der Waals surface area contributed by atoms with Crippen molar-refractivity contribution in [3.8, 4) is 61.9 Å². The van der Waals surface area contributed by atoms with Crippen molar-refractivity contribution in [2.24, 2.45) is 0 Å². The van der Waals surface area contributed by atoms with Gasteiger partial charge in [-0.2, -0.15) is 0 Å². The first kappa shape index (κ1) is 26.6. The molecule has 5 aromatic carbocycles. The first-order valence-corrected chi connectivity index (χ1v) is 15.1. The van der Waals surface area contributed by atoms with Crippen LogP contribution in [0.5, 0.6) is 5.75 Å². The van der Waals surface area contributed by atoms with Gasteiger partial charge in [0.1, 0.15) is 11.4 Å². The highest BCUT2D eigenvalue weighted by molar-refractivity contribution is 6.01. The summed E-state index contributed by atoms with van der Waals surface area (Å²) in [6.07, 6.45) is 2.07. The summed E-state index contributed by atoms with van der Waals surface area (Å²) in [4.78, 5) is 10.4. The fourth-order valence-corrected chi connectivity index (χ4v) is 6.22. The van der Waals surface area contributed by atoms with E-state index in [1.165, 1.54) is 5.56 Å². The Morgan fingerprint density at radius 3 is 2.11 bits per heavy atom. The van der Waals surface area contributed by atoms with Gasteiger partial charge in [0.15, 0.2) is 0 Å². The summed E-state index contributed by atoms with van der Waals surface area (Å²) in [7, 11) is 0. The summed E-state index contributed by atoms with van der Waals surface area (Å²) in [6.45, 7) is 2.10. The molecule has 0 fully saturated rings. The summed E-state index contributed by atoms with van der Waals surface area (Å²) in [5.74, 6) is 0.202. The monoisotopic (exact) mass is 579 g/mol. The Balaban J connectivity index is 1.42. The number of rotatable bonds is 5. The minimum Gasteiger partial charge on any atom is -0.507 e. The number of benzene rings is 5. The molecule has 0 unspecified atom stereocenters. The Labute approximate surface area is 261 Å². The van der Waals surface area contributed by atoms with E-state index in [-0.39, 0.29) is 5.75 Å². The molecule has 8 rings (SSSR count). The lowest BCUT2D eigenvalue weighted by atomic mass is 9.93. The lowest BCUT2D eigenvalue weighted by Gasteiger charge is -2.15. The maximum Gasteiger partial charge on any atom is 0.137 e. The molecular formula is C41H29N3O. The van der Waals surface area contributed by atoms with E-state index in [2.05, 4.69) is 115 Å². The van der Waals surface area contributed by atoms with E-state index in [1.54, 1.807) is 6.07 Å². The molecule has 0 bridgehead atoms. The van der Waals surface area contributed by atoms with Gasteiger partial charge in [0.2, 0.25) is 0 Å². The zero-order valence-electron chi connectivity index (χ0n) is 24.7. The number of phenols is 1. The number of imidazole rings is 1. The number of aromatic nitrogens is 3. The fourth-order valence-electron chi connectivity index (χ4n) is 6.22. The molecule has 1 N–H and O–H groups in total. The maximum atomic E-state index is 10.9. The van der Waals surface area contributed by atoms with Crippen LogP contribution in [0.25, 0.3) is 72.6 Å². The number of phenolic OH excluding ortho intramolecular Hbond substituents is 1. The SMILES string of the molecule is Cc1cccc(-c2cc(-c3ccccc3O)nc(-c3cc(-c4nc5ccccn5c4-c4ccccc4)cc4ccccc34)c2)c1. The Morgan fingerprint density at radius 2 is 1.27 bits per heavy atom. The number of aromatic hydroxyl groups is 1. The highest BCUT2D eigenvalue weighted by Crippen LogP contribution is 2.40. The van der Waals surface area contributed by atoms with Gasteiger partial charge in [-0.25, -0.2) is 9.97 Å². The second-order valence-electron chi connectivity index (χ2n) is 11.4. The van der Waals surface area contributed by atoms with E-state index >= 15 is 0 Å². The van der Waals surface area contributed by atoms with E-state index < -0.39 is 0 Å². The van der Waals surface area contributed by atoms with Crippen LogP contribution in [0.15, 0.2) is 152 Å². The third-order valence-electron chi connectivity index (χ3n) is 8.35. The van der Waals surface area contributed by atoms with Crippen molar-refractivity contribution in [2.75, 3.05) is 0 Å². The Bertz CT molecular complexity index is 2350. The average molecular weight is 580 g/mol. The largest absolute Gasteiger partial charge is 0.507 e. The predicted octanol–water partition coefficient (Wildman–Crippen LogP) is 10.2. The minimum atomic E-state index is 0.202. The molecule has 8 aromatic rings. The average Bonchev–Trinajstić information content (AvgIpc) is 3.48. The van der Waals surface area contributed by atoms with Crippen LogP contribution in [0.1, 0.15) is 5.56 Å². The topological polar surface area (TPSA) is 50.4 Å². The first-order chi connectivity index (χ1) is 22.1. The number of hydrogen-bond donors (Lipinski definition) is 1. The van der Waals surface area contributed by atoms with Gasteiger partial charge in [-0.15, -0.1) is 0 Å². The molecule has 0 radical (unpaired) electrons. The van der Waals surface area contributed by atoms with Crippen molar-refractivity contribution in [1.29, 1.82) is 0 Å². The van der Waals surface area contributed by atoms with Crippen LogP contribution < -0.4 is 0 Å². The van der Waals surface area contributed by atoms with Crippen molar-refractivity contribution in [3.05, 3.63) is 157 Å². The molecule has 0 aliphatic heterocycles. The second kappa shape index (κ2) is 10.9. The van der Waals surface area contributed by atoms with Crippen LogP contribution >= 0.6 is 0 Å². The zero-order chi connectivity index (χ0) is 30.3. The molecule has 4 heteroatoms. The maximum absolute atomic E-state index is 10.9. The molecule has 0 saturated carbocycles. The molecule has 214 valence electrons. The molecule has 0 saturated heterocycles. The third-order valence-corrected chi connectivity index (χ3v) is 8.35. The lowest BCUT2D eigenvalue weighted by molar-refractivity contribution is 0.477. The van der Waals surface area contributed by atoms with Crippen LogP contribution in [0, 0.1) is 6.92 Å². The molecule has 3 aromatic heterocycles. The van der Waals surface area contributed by atoms with Gasteiger partial charge >= 0.3 is 0 Å². The Morgan fingerprint density at radius 1 is 0.533 bits per heavy atom. The van der Waals surface area contributed by atoms with Crippen molar-refractivity contribution in [3.63, 3.8) is 0 Å². The van der Waals surface area contributed by atoms with Crippen molar-refractivity contribution in [1.82, 2.24) is 14.4 Å². The minimum absolute atomic E-state index is 0.202. The Kier molecular flexibility index (Phi) is 6.46. The second-order valence-corrected chi connectivity index (χ2v) is 11.4. The molecule has 4 nitrogen and oxygen atoms in total. The molecule has 45 heavy (non-hydrogen) atoms. The summed E-state index contributed by atoms with van der Waals surface area (Å²) < 4.78 is 2.16. The lowest BCUT2D eigenvalue weighted by Crippen LogP contribution is -1.94. The molecule has 0 aliphatic carbocycles. The Hall–Kier alpha value is -6.00. The van der Waals surface area contributed by atoms with Crippen LogP contribution in [-0.2, 0) is 0 Å². The summed E-state index contributed by atoms with van der Waals surface area (Å²) >= 11 is 0. The molecule has 0 spiro atoms. The summed E-state index contributed by atoms with van der Waals surface area (Å²) in [5.41, 5.74) is 11.5. The molecular weight excluding hydrogens is 550 g/mol. The van der Waals surface area contributed by atoms with Crippen LogP contribution in [-0.4, -0.2) is 19.5 Å².